The van der Waals surface area contributed by atoms with Gasteiger partial charge in [0, 0.05) is 32.7 Å². The highest BCUT2D eigenvalue weighted by Gasteiger charge is 2.15. The van der Waals surface area contributed by atoms with Gasteiger partial charge in [0.2, 0.25) is 0 Å². The standard InChI is InChI=1S/C16H25N3O3.HI/c1-17-16(19-10-13-6-7-22-11-13)18-9-12-4-5-14(20-2)15(8-12)21-3;/h4-5,8,13H,6-7,9-11H2,1-3H3,(H2,17,18,19);1H. The van der Waals surface area contributed by atoms with Crippen LogP contribution in [-0.4, -0.2) is 47.0 Å². The van der Waals surface area contributed by atoms with Crippen LogP contribution in [0.3, 0.4) is 0 Å². The Morgan fingerprint density at radius 2 is 2.04 bits per heavy atom. The molecule has 0 aromatic heterocycles. The molecule has 1 aromatic rings. The molecule has 1 aliphatic heterocycles. The van der Waals surface area contributed by atoms with Crippen LogP contribution < -0.4 is 20.1 Å². The molecule has 130 valence electrons. The maximum absolute atomic E-state index is 5.37. The summed E-state index contributed by atoms with van der Waals surface area (Å²) in [6.45, 7) is 3.25. The molecule has 1 heterocycles. The molecule has 1 aliphatic rings. The number of aliphatic imine (C=N–C) groups is 1. The minimum Gasteiger partial charge on any atom is -0.493 e. The van der Waals surface area contributed by atoms with Gasteiger partial charge >= 0.3 is 0 Å². The Kier molecular flexibility index (Phi) is 9.08. The van der Waals surface area contributed by atoms with Gasteiger partial charge in [0.05, 0.1) is 20.8 Å². The van der Waals surface area contributed by atoms with Crippen LogP contribution in [-0.2, 0) is 11.3 Å². The van der Waals surface area contributed by atoms with Crippen molar-refractivity contribution in [3.63, 3.8) is 0 Å². The second-order valence-corrected chi connectivity index (χ2v) is 5.23. The fourth-order valence-corrected chi connectivity index (χ4v) is 2.38. The highest BCUT2D eigenvalue weighted by atomic mass is 127. The molecule has 0 spiro atoms. The molecule has 0 aliphatic carbocycles. The fraction of sp³-hybridized carbons (Fsp3) is 0.562. The smallest absolute Gasteiger partial charge is 0.191 e. The summed E-state index contributed by atoms with van der Waals surface area (Å²) >= 11 is 0. The van der Waals surface area contributed by atoms with Crippen LogP contribution in [0, 0.1) is 5.92 Å². The summed E-state index contributed by atoms with van der Waals surface area (Å²) in [5, 5.41) is 6.64. The first-order valence-electron chi connectivity index (χ1n) is 7.50. The van der Waals surface area contributed by atoms with E-state index >= 15 is 0 Å². The van der Waals surface area contributed by atoms with Gasteiger partial charge in [-0.2, -0.15) is 0 Å². The van der Waals surface area contributed by atoms with Gasteiger partial charge in [0.25, 0.3) is 0 Å². The lowest BCUT2D eigenvalue weighted by atomic mass is 10.1. The Bertz CT molecular complexity index is 505. The minimum atomic E-state index is 0. The SMILES string of the molecule is CN=C(NCc1ccc(OC)c(OC)c1)NCC1CCOC1.I. The van der Waals surface area contributed by atoms with Crippen LogP contribution in [0.5, 0.6) is 11.5 Å². The molecule has 1 saturated heterocycles. The van der Waals surface area contributed by atoms with Crippen molar-refractivity contribution in [2.75, 3.05) is 41.0 Å². The second kappa shape index (κ2) is 10.5. The number of nitrogens with zero attached hydrogens (tertiary/aromatic N) is 1. The molecule has 1 atom stereocenters. The van der Waals surface area contributed by atoms with Gasteiger partial charge in [-0.3, -0.25) is 4.99 Å². The molecular weight excluding hydrogens is 409 g/mol. The molecule has 1 aromatic carbocycles. The second-order valence-electron chi connectivity index (χ2n) is 5.23. The molecule has 0 radical (unpaired) electrons. The van der Waals surface area contributed by atoms with Crippen molar-refractivity contribution in [2.45, 2.75) is 13.0 Å². The summed E-state index contributed by atoms with van der Waals surface area (Å²) in [6, 6.07) is 5.87. The maximum atomic E-state index is 5.37. The third-order valence-corrected chi connectivity index (χ3v) is 3.71. The van der Waals surface area contributed by atoms with Gasteiger partial charge in [-0.15, -0.1) is 24.0 Å². The minimum absolute atomic E-state index is 0. The number of rotatable bonds is 6. The molecule has 1 unspecified atom stereocenters. The average molecular weight is 435 g/mol. The Morgan fingerprint density at radius 1 is 1.26 bits per heavy atom. The largest absolute Gasteiger partial charge is 0.493 e. The zero-order valence-corrected chi connectivity index (χ0v) is 16.3. The molecule has 2 rings (SSSR count). The van der Waals surface area contributed by atoms with E-state index in [9.17, 15) is 0 Å². The first kappa shape index (κ1) is 19.8. The van der Waals surface area contributed by atoms with Crippen molar-refractivity contribution in [2.24, 2.45) is 10.9 Å². The third kappa shape index (κ3) is 6.06. The van der Waals surface area contributed by atoms with E-state index in [4.69, 9.17) is 14.2 Å². The zero-order chi connectivity index (χ0) is 15.8. The van der Waals surface area contributed by atoms with E-state index < -0.39 is 0 Å². The molecule has 0 bridgehead atoms. The van der Waals surface area contributed by atoms with Gasteiger partial charge in [0.15, 0.2) is 17.5 Å². The fourth-order valence-electron chi connectivity index (χ4n) is 2.38. The zero-order valence-electron chi connectivity index (χ0n) is 13.9. The Balaban J connectivity index is 0.00000264. The number of nitrogens with one attached hydrogen (secondary N) is 2. The lowest BCUT2D eigenvalue weighted by Gasteiger charge is -2.15. The van der Waals surface area contributed by atoms with E-state index in [0.29, 0.717) is 12.5 Å². The molecule has 2 N–H and O–H groups in total. The lowest BCUT2D eigenvalue weighted by Crippen LogP contribution is -2.39. The van der Waals surface area contributed by atoms with Gasteiger partial charge in [-0.1, -0.05) is 6.07 Å². The Labute approximate surface area is 155 Å². The van der Waals surface area contributed by atoms with Crippen molar-refractivity contribution >= 4 is 29.9 Å². The Morgan fingerprint density at radius 3 is 2.65 bits per heavy atom. The van der Waals surface area contributed by atoms with Gasteiger partial charge in [-0.25, -0.2) is 0 Å². The van der Waals surface area contributed by atoms with Gasteiger partial charge in [-0.05, 0) is 24.1 Å². The summed E-state index contributed by atoms with van der Waals surface area (Å²) < 4.78 is 15.9. The van der Waals surface area contributed by atoms with Crippen molar-refractivity contribution in [1.29, 1.82) is 0 Å². The van der Waals surface area contributed by atoms with Crippen molar-refractivity contribution in [3.8, 4) is 11.5 Å². The normalized spacial score (nSPS) is 17.3. The van der Waals surface area contributed by atoms with Crippen LogP contribution in [0.4, 0.5) is 0 Å². The molecule has 7 heteroatoms. The molecule has 0 saturated carbocycles. The van der Waals surface area contributed by atoms with E-state index in [1.165, 1.54) is 0 Å². The van der Waals surface area contributed by atoms with Gasteiger partial charge in [0.1, 0.15) is 0 Å². The molecule has 0 amide bonds. The first-order chi connectivity index (χ1) is 10.8. The Hall–Kier alpha value is -1.22. The van der Waals surface area contributed by atoms with Crippen LogP contribution in [0.2, 0.25) is 0 Å². The molecule has 23 heavy (non-hydrogen) atoms. The third-order valence-electron chi connectivity index (χ3n) is 3.71. The van der Waals surface area contributed by atoms with E-state index in [-0.39, 0.29) is 24.0 Å². The summed E-state index contributed by atoms with van der Waals surface area (Å²) in [6.07, 6.45) is 1.11. The maximum Gasteiger partial charge on any atom is 0.191 e. The summed E-state index contributed by atoms with van der Waals surface area (Å²) in [7, 11) is 5.04. The lowest BCUT2D eigenvalue weighted by molar-refractivity contribution is 0.186. The quantitative estimate of drug-likeness (QED) is 0.407. The number of halogens is 1. The monoisotopic (exact) mass is 435 g/mol. The highest BCUT2D eigenvalue weighted by Crippen LogP contribution is 2.27. The molecular formula is C16H26IN3O3. The number of benzene rings is 1. The van der Waals surface area contributed by atoms with Crippen molar-refractivity contribution in [3.05, 3.63) is 23.8 Å². The number of guanidine groups is 1. The molecule has 1 fully saturated rings. The van der Waals surface area contributed by atoms with Crippen molar-refractivity contribution in [1.82, 2.24) is 10.6 Å². The van der Waals surface area contributed by atoms with Crippen molar-refractivity contribution < 1.29 is 14.2 Å². The molecule has 6 nitrogen and oxygen atoms in total. The predicted octanol–water partition coefficient (Wildman–Crippen LogP) is 2.02. The van der Waals surface area contributed by atoms with Gasteiger partial charge < -0.3 is 24.8 Å². The van der Waals surface area contributed by atoms with Crippen LogP contribution in [0.15, 0.2) is 23.2 Å². The number of hydrogen-bond acceptors (Lipinski definition) is 4. The van der Waals surface area contributed by atoms with E-state index in [0.717, 1.165) is 49.2 Å². The predicted molar refractivity (Wildman–Crippen MR) is 102 cm³/mol. The summed E-state index contributed by atoms with van der Waals surface area (Å²) in [5.41, 5.74) is 1.10. The number of methoxy groups -OCH3 is 2. The van der Waals surface area contributed by atoms with Crippen LogP contribution in [0.1, 0.15) is 12.0 Å². The van der Waals surface area contributed by atoms with Crippen LogP contribution >= 0.6 is 24.0 Å². The average Bonchev–Trinajstić information content (AvgIpc) is 3.08. The topological polar surface area (TPSA) is 64.1 Å². The van der Waals surface area contributed by atoms with E-state index in [2.05, 4.69) is 15.6 Å². The van der Waals surface area contributed by atoms with Crippen LogP contribution in [0.25, 0.3) is 0 Å². The summed E-state index contributed by atoms with van der Waals surface area (Å²) in [4.78, 5) is 4.24. The number of ether oxygens (including phenoxy) is 3. The number of hydrogen-bond donors (Lipinski definition) is 2. The van der Waals surface area contributed by atoms with E-state index in [1.807, 2.05) is 18.2 Å². The first-order valence-corrected chi connectivity index (χ1v) is 7.50. The highest BCUT2D eigenvalue weighted by molar-refractivity contribution is 14.0. The van der Waals surface area contributed by atoms with E-state index in [1.54, 1.807) is 21.3 Å². The summed E-state index contributed by atoms with van der Waals surface area (Å²) in [5.74, 6) is 2.82.